The third kappa shape index (κ3) is 6.06. The molecule has 0 aliphatic heterocycles. The van der Waals surface area contributed by atoms with E-state index in [2.05, 4.69) is 15.3 Å². The Labute approximate surface area is 155 Å². The Balaban J connectivity index is 2.05. The van der Waals surface area contributed by atoms with Crippen LogP contribution in [0.15, 0.2) is 59.9 Å². The van der Waals surface area contributed by atoms with Gasteiger partial charge in [-0.05, 0) is 54.3 Å². The number of halogens is 3. The normalized spacial score (nSPS) is 12.8. The van der Waals surface area contributed by atoms with Gasteiger partial charge in [-0.2, -0.15) is 13.2 Å². The predicted octanol–water partition coefficient (Wildman–Crippen LogP) is 3.93. The standard InChI is InChI=1S/C20H20F3N3O/c1-14(16-6-3-7-17(12-16)20(21,22)23)11-18(24-2)19(27)26-10-8-15-5-4-9-25-13-15/h3-7,9,11-13H,8,10H2,1-2H3,(H,26,27)/b14-11+,24-18?. The van der Waals surface area contributed by atoms with Crippen LogP contribution in [0, 0.1) is 0 Å². The summed E-state index contributed by atoms with van der Waals surface area (Å²) in [5.74, 6) is -0.382. The fourth-order valence-electron chi connectivity index (χ4n) is 2.42. The van der Waals surface area contributed by atoms with E-state index in [4.69, 9.17) is 0 Å². The molecule has 7 heteroatoms. The lowest BCUT2D eigenvalue weighted by Crippen LogP contribution is -2.31. The quantitative estimate of drug-likeness (QED) is 0.778. The van der Waals surface area contributed by atoms with Gasteiger partial charge in [0, 0.05) is 26.0 Å². The number of alkyl halides is 3. The molecule has 0 spiro atoms. The van der Waals surface area contributed by atoms with Crippen molar-refractivity contribution in [2.45, 2.75) is 19.5 Å². The maximum atomic E-state index is 12.9. The van der Waals surface area contributed by atoms with Crippen molar-refractivity contribution in [2.75, 3.05) is 13.6 Å². The molecular formula is C20H20F3N3O. The topological polar surface area (TPSA) is 54.4 Å². The molecule has 1 aromatic heterocycles. The first-order chi connectivity index (χ1) is 12.8. The van der Waals surface area contributed by atoms with Gasteiger partial charge in [0.05, 0.1) is 5.56 Å². The summed E-state index contributed by atoms with van der Waals surface area (Å²) in [6.07, 6.45) is 1.08. The van der Waals surface area contributed by atoms with E-state index < -0.39 is 11.7 Å². The van der Waals surface area contributed by atoms with Crippen molar-refractivity contribution in [3.8, 4) is 0 Å². The summed E-state index contributed by atoms with van der Waals surface area (Å²) in [6, 6.07) is 8.69. The summed E-state index contributed by atoms with van der Waals surface area (Å²) in [4.78, 5) is 20.2. The van der Waals surface area contributed by atoms with Crippen molar-refractivity contribution < 1.29 is 18.0 Å². The Hall–Kier alpha value is -2.96. The number of carbonyl (C=O) groups is 1. The molecule has 1 N–H and O–H groups in total. The highest BCUT2D eigenvalue weighted by atomic mass is 19.4. The molecule has 2 aromatic rings. The minimum absolute atomic E-state index is 0.149. The Morgan fingerprint density at radius 2 is 2.04 bits per heavy atom. The highest BCUT2D eigenvalue weighted by Crippen LogP contribution is 2.30. The fraction of sp³-hybridized carbons (Fsp3) is 0.250. The summed E-state index contributed by atoms with van der Waals surface area (Å²) >= 11 is 0. The molecule has 0 saturated heterocycles. The molecule has 4 nitrogen and oxygen atoms in total. The number of aromatic nitrogens is 1. The number of nitrogens with zero attached hydrogens (tertiary/aromatic N) is 2. The first-order valence-corrected chi connectivity index (χ1v) is 8.31. The van der Waals surface area contributed by atoms with Crippen LogP contribution < -0.4 is 5.32 Å². The number of amides is 1. The van der Waals surface area contributed by atoms with Gasteiger partial charge in [0.15, 0.2) is 0 Å². The van der Waals surface area contributed by atoms with Crippen LogP contribution in [0.3, 0.4) is 0 Å². The Morgan fingerprint density at radius 1 is 1.26 bits per heavy atom. The van der Waals surface area contributed by atoms with Crippen molar-refractivity contribution in [2.24, 2.45) is 4.99 Å². The average molecular weight is 375 g/mol. The number of allylic oxidation sites excluding steroid dienone is 1. The first kappa shape index (κ1) is 20.4. The number of pyridine rings is 1. The van der Waals surface area contributed by atoms with Crippen molar-refractivity contribution in [3.63, 3.8) is 0 Å². The molecule has 0 bridgehead atoms. The minimum Gasteiger partial charge on any atom is -0.350 e. The van der Waals surface area contributed by atoms with E-state index in [0.29, 0.717) is 24.1 Å². The van der Waals surface area contributed by atoms with Gasteiger partial charge in [-0.3, -0.25) is 14.8 Å². The molecule has 1 heterocycles. The lowest BCUT2D eigenvalue weighted by Gasteiger charge is -2.10. The summed E-state index contributed by atoms with van der Waals surface area (Å²) in [6.45, 7) is 2.05. The van der Waals surface area contributed by atoms with Crippen LogP contribution in [0.25, 0.3) is 5.57 Å². The molecule has 0 saturated carbocycles. The van der Waals surface area contributed by atoms with Crippen LogP contribution in [-0.2, 0) is 17.4 Å². The van der Waals surface area contributed by atoms with E-state index in [1.54, 1.807) is 25.4 Å². The van der Waals surface area contributed by atoms with Gasteiger partial charge < -0.3 is 5.32 Å². The maximum Gasteiger partial charge on any atom is 0.416 e. The van der Waals surface area contributed by atoms with Crippen molar-refractivity contribution >= 4 is 17.2 Å². The van der Waals surface area contributed by atoms with E-state index >= 15 is 0 Å². The van der Waals surface area contributed by atoms with Crippen LogP contribution in [-0.4, -0.2) is 30.2 Å². The first-order valence-electron chi connectivity index (χ1n) is 8.31. The average Bonchev–Trinajstić information content (AvgIpc) is 2.66. The molecule has 0 radical (unpaired) electrons. The number of hydrogen-bond acceptors (Lipinski definition) is 3. The van der Waals surface area contributed by atoms with Gasteiger partial charge in [0.25, 0.3) is 5.91 Å². The SMILES string of the molecule is CN=C(/C=C(\C)c1cccc(C(F)(F)F)c1)C(=O)NCCc1cccnc1. The molecule has 1 aromatic carbocycles. The largest absolute Gasteiger partial charge is 0.416 e. The van der Waals surface area contributed by atoms with Crippen molar-refractivity contribution in [1.29, 1.82) is 0 Å². The van der Waals surface area contributed by atoms with Gasteiger partial charge in [0.1, 0.15) is 5.71 Å². The molecule has 0 aliphatic carbocycles. The minimum atomic E-state index is -4.42. The van der Waals surface area contributed by atoms with E-state index in [1.807, 2.05) is 12.1 Å². The molecule has 1 amide bonds. The van der Waals surface area contributed by atoms with Crippen LogP contribution >= 0.6 is 0 Å². The van der Waals surface area contributed by atoms with Crippen LogP contribution in [0.4, 0.5) is 13.2 Å². The number of rotatable bonds is 6. The van der Waals surface area contributed by atoms with Gasteiger partial charge >= 0.3 is 6.18 Å². The third-order valence-electron chi connectivity index (χ3n) is 3.89. The summed E-state index contributed by atoms with van der Waals surface area (Å²) < 4.78 is 38.6. The van der Waals surface area contributed by atoms with Crippen LogP contribution in [0.1, 0.15) is 23.6 Å². The maximum absolute atomic E-state index is 12.9. The van der Waals surface area contributed by atoms with Crippen LogP contribution in [0.2, 0.25) is 0 Å². The monoisotopic (exact) mass is 375 g/mol. The number of benzene rings is 1. The summed E-state index contributed by atoms with van der Waals surface area (Å²) in [5, 5.41) is 2.75. The lowest BCUT2D eigenvalue weighted by atomic mass is 10.0. The molecule has 0 fully saturated rings. The second-order valence-electron chi connectivity index (χ2n) is 5.88. The lowest BCUT2D eigenvalue weighted by molar-refractivity contribution is -0.137. The molecule has 142 valence electrons. The third-order valence-corrected chi connectivity index (χ3v) is 3.89. The Morgan fingerprint density at radius 3 is 2.67 bits per heavy atom. The van der Waals surface area contributed by atoms with Crippen molar-refractivity contribution in [3.05, 3.63) is 71.6 Å². The second kappa shape index (κ2) is 9.12. The van der Waals surface area contributed by atoms with Gasteiger partial charge in [-0.25, -0.2) is 0 Å². The number of aliphatic imine (C=N–C) groups is 1. The smallest absolute Gasteiger partial charge is 0.350 e. The van der Waals surface area contributed by atoms with E-state index in [-0.39, 0.29) is 11.6 Å². The fourth-order valence-corrected chi connectivity index (χ4v) is 2.42. The second-order valence-corrected chi connectivity index (χ2v) is 5.88. The Bertz CT molecular complexity index is 843. The molecule has 0 atom stereocenters. The van der Waals surface area contributed by atoms with E-state index in [9.17, 15) is 18.0 Å². The zero-order chi connectivity index (χ0) is 19.9. The zero-order valence-electron chi connectivity index (χ0n) is 15.0. The number of carbonyl (C=O) groups excluding carboxylic acids is 1. The summed E-state index contributed by atoms with van der Waals surface area (Å²) in [5.41, 5.74) is 1.31. The predicted molar refractivity (Wildman–Crippen MR) is 99.4 cm³/mol. The van der Waals surface area contributed by atoms with Gasteiger partial charge in [-0.1, -0.05) is 18.2 Å². The number of nitrogens with one attached hydrogen (secondary N) is 1. The molecule has 0 aliphatic rings. The van der Waals surface area contributed by atoms with Gasteiger partial charge in [0.2, 0.25) is 0 Å². The summed E-state index contributed by atoms with van der Waals surface area (Å²) in [7, 11) is 1.46. The number of hydrogen-bond donors (Lipinski definition) is 1. The highest BCUT2D eigenvalue weighted by molar-refractivity contribution is 6.44. The zero-order valence-corrected chi connectivity index (χ0v) is 15.0. The molecule has 27 heavy (non-hydrogen) atoms. The Kier molecular flexibility index (Phi) is 6.87. The molecule has 0 unspecified atom stereocenters. The highest BCUT2D eigenvalue weighted by Gasteiger charge is 2.30. The van der Waals surface area contributed by atoms with E-state index in [0.717, 1.165) is 17.7 Å². The van der Waals surface area contributed by atoms with Crippen LogP contribution in [0.5, 0.6) is 0 Å². The van der Waals surface area contributed by atoms with E-state index in [1.165, 1.54) is 19.2 Å². The molecule has 2 rings (SSSR count). The van der Waals surface area contributed by atoms with Crippen molar-refractivity contribution in [1.82, 2.24) is 10.3 Å². The van der Waals surface area contributed by atoms with Gasteiger partial charge in [-0.15, -0.1) is 0 Å². The molecular weight excluding hydrogens is 355 g/mol.